The largest absolute Gasteiger partial charge is 2.00 e. The van der Waals surface area contributed by atoms with Crippen molar-refractivity contribution in [2.24, 2.45) is 0 Å². The molecule has 13 heavy (non-hydrogen) atoms. The van der Waals surface area contributed by atoms with Crippen LogP contribution in [0.4, 0.5) is 0 Å². The molecule has 0 saturated carbocycles. The van der Waals surface area contributed by atoms with Crippen molar-refractivity contribution in [3.63, 3.8) is 0 Å². The van der Waals surface area contributed by atoms with E-state index in [0.29, 0.717) is 0 Å². The minimum atomic E-state index is 0. The predicted octanol–water partition coefficient (Wildman–Crippen LogP) is 2.12. The fourth-order valence-corrected chi connectivity index (χ4v) is 0. The summed E-state index contributed by atoms with van der Waals surface area (Å²) in [6, 6.07) is 7.00. The molecule has 0 aliphatic rings. The van der Waals surface area contributed by atoms with Gasteiger partial charge in [0, 0.05) is 27.7 Å². The van der Waals surface area contributed by atoms with Gasteiger partial charge in [0.2, 0.25) is 0 Å². The molecule has 0 aromatic carbocycles. The van der Waals surface area contributed by atoms with Gasteiger partial charge in [-0.15, -0.1) is 0 Å². The van der Waals surface area contributed by atoms with Crippen molar-refractivity contribution in [3.05, 3.63) is 0 Å². The molecule has 0 rings (SSSR count). The maximum absolute atomic E-state index is 7.32. The van der Waals surface area contributed by atoms with E-state index in [1.807, 2.05) is 0 Å². The second-order valence-electron chi connectivity index (χ2n) is 0.894. The second kappa shape index (κ2) is 146. The molecule has 0 N–H and O–H groups in total. The van der Waals surface area contributed by atoms with Crippen LogP contribution in [0.3, 0.4) is 0 Å². The second-order valence-corrected chi connectivity index (χ2v) is 0.894. The normalized spacial score (nSPS) is 2.46. The van der Waals surface area contributed by atoms with E-state index in [0.717, 1.165) is 0 Å². The molecule has 0 aromatic heterocycles. The average molecular weight is 265 g/mol. The topological polar surface area (TPSA) is 95.2 Å². The maximum Gasteiger partial charge on any atom is 2.00 e. The van der Waals surface area contributed by atoms with Crippen LogP contribution in [0.2, 0.25) is 0 Å². The molecule has 0 fully saturated rings. The Kier molecular flexibility index (Phi) is 335. The van der Waals surface area contributed by atoms with E-state index in [-0.39, 0.29) is 19.5 Å². The fraction of sp³-hybridized carbons (Fsp3) is 0.500. The van der Waals surface area contributed by atoms with Crippen LogP contribution >= 0.6 is 0 Å². The summed E-state index contributed by atoms with van der Waals surface area (Å²) in [7, 11) is 0. The van der Waals surface area contributed by atoms with Gasteiger partial charge < -0.3 is 0 Å². The standard InChI is InChI=1S/4C2H3N.Ru/c4*1-2-3;/h4*1H3;/q;;;;+2. The van der Waals surface area contributed by atoms with Gasteiger partial charge in [-0.1, -0.05) is 0 Å². The fourth-order valence-electron chi connectivity index (χ4n) is 0. The van der Waals surface area contributed by atoms with Crippen molar-refractivity contribution in [1.29, 1.82) is 21.0 Å². The molecule has 0 saturated heterocycles. The van der Waals surface area contributed by atoms with Crippen molar-refractivity contribution < 1.29 is 19.5 Å². The van der Waals surface area contributed by atoms with Gasteiger partial charge in [-0.2, -0.15) is 21.0 Å². The van der Waals surface area contributed by atoms with Gasteiger partial charge in [-0.3, -0.25) is 0 Å². The Morgan fingerprint density at radius 2 is 0.538 bits per heavy atom. The molecule has 0 spiro atoms. The van der Waals surface area contributed by atoms with Gasteiger partial charge in [-0.05, 0) is 0 Å². The first-order chi connectivity index (χ1) is 5.66. The minimum absolute atomic E-state index is 0. The van der Waals surface area contributed by atoms with E-state index < -0.39 is 0 Å². The molecule has 0 atom stereocenters. The van der Waals surface area contributed by atoms with Gasteiger partial charge in [0.15, 0.2) is 0 Å². The van der Waals surface area contributed by atoms with Gasteiger partial charge >= 0.3 is 19.5 Å². The number of nitrogens with zero attached hydrogens (tertiary/aromatic N) is 4. The van der Waals surface area contributed by atoms with Crippen LogP contribution in [0.25, 0.3) is 0 Å². The van der Waals surface area contributed by atoms with Crippen LogP contribution in [0.15, 0.2) is 0 Å². The SMILES string of the molecule is CC#N.CC#N.CC#N.CC#N.[Ru+2]. The molecule has 0 aromatic rings. The summed E-state index contributed by atoms with van der Waals surface area (Å²) in [5.41, 5.74) is 0. The van der Waals surface area contributed by atoms with E-state index in [4.69, 9.17) is 21.0 Å². The van der Waals surface area contributed by atoms with E-state index >= 15 is 0 Å². The Bertz CT molecular complexity index is 150. The van der Waals surface area contributed by atoms with E-state index in [1.165, 1.54) is 27.7 Å². The van der Waals surface area contributed by atoms with Crippen LogP contribution in [-0.2, 0) is 19.5 Å². The Labute approximate surface area is 92.8 Å². The Morgan fingerprint density at radius 3 is 0.538 bits per heavy atom. The third-order valence-corrected chi connectivity index (χ3v) is 0. The molecule has 0 aliphatic carbocycles. The number of hydrogen-bond donors (Lipinski definition) is 0. The van der Waals surface area contributed by atoms with Crippen molar-refractivity contribution in [2.75, 3.05) is 0 Å². The molecule has 0 amide bonds. The molecule has 0 unspecified atom stereocenters. The van der Waals surface area contributed by atoms with Crippen LogP contribution in [-0.4, -0.2) is 0 Å². The summed E-state index contributed by atoms with van der Waals surface area (Å²) in [6.07, 6.45) is 0. The predicted molar refractivity (Wildman–Crippen MR) is 45.1 cm³/mol. The number of nitriles is 4. The summed E-state index contributed by atoms with van der Waals surface area (Å²) < 4.78 is 0. The summed E-state index contributed by atoms with van der Waals surface area (Å²) in [5.74, 6) is 0. The van der Waals surface area contributed by atoms with Crippen molar-refractivity contribution in [1.82, 2.24) is 0 Å². The molecular weight excluding hydrogens is 253 g/mol. The summed E-state index contributed by atoms with van der Waals surface area (Å²) in [6.45, 7) is 5.72. The van der Waals surface area contributed by atoms with Gasteiger partial charge in [0.25, 0.3) is 0 Å². The maximum atomic E-state index is 7.32. The zero-order valence-electron chi connectivity index (χ0n) is 8.14. The minimum Gasteiger partial charge on any atom is -0.199 e. The third-order valence-electron chi connectivity index (χ3n) is 0. The van der Waals surface area contributed by atoms with E-state index in [9.17, 15) is 0 Å². The first kappa shape index (κ1) is 29.9. The Hall–Kier alpha value is -1.42. The van der Waals surface area contributed by atoms with Gasteiger partial charge in [-0.25, -0.2) is 0 Å². The van der Waals surface area contributed by atoms with Crippen molar-refractivity contribution in [2.45, 2.75) is 27.7 Å². The molecule has 4 nitrogen and oxygen atoms in total. The quantitative estimate of drug-likeness (QED) is 0.627. The van der Waals surface area contributed by atoms with Crippen molar-refractivity contribution >= 4 is 0 Å². The average Bonchev–Trinajstić information content (AvgIpc) is 1.92. The first-order valence-electron chi connectivity index (χ1n) is 2.89. The number of rotatable bonds is 0. The Balaban J connectivity index is -0.0000000213. The van der Waals surface area contributed by atoms with Crippen LogP contribution in [0.1, 0.15) is 27.7 Å². The van der Waals surface area contributed by atoms with Crippen LogP contribution < -0.4 is 0 Å². The summed E-state index contributed by atoms with van der Waals surface area (Å²) >= 11 is 0. The summed E-state index contributed by atoms with van der Waals surface area (Å²) in [5, 5.41) is 29.3. The monoisotopic (exact) mass is 266 g/mol. The van der Waals surface area contributed by atoms with Gasteiger partial charge in [0.1, 0.15) is 0 Å². The summed E-state index contributed by atoms with van der Waals surface area (Å²) in [4.78, 5) is 0. The molecule has 0 aliphatic heterocycles. The third kappa shape index (κ3) is 389. The van der Waals surface area contributed by atoms with Gasteiger partial charge in [0.05, 0.1) is 24.3 Å². The molecule has 0 radical (unpaired) electrons. The van der Waals surface area contributed by atoms with Crippen LogP contribution in [0, 0.1) is 45.3 Å². The van der Waals surface area contributed by atoms with E-state index in [2.05, 4.69) is 0 Å². The first-order valence-corrected chi connectivity index (χ1v) is 2.89. The molecule has 0 bridgehead atoms. The van der Waals surface area contributed by atoms with Crippen LogP contribution in [0.5, 0.6) is 0 Å². The smallest absolute Gasteiger partial charge is 0.199 e. The van der Waals surface area contributed by atoms with E-state index in [1.54, 1.807) is 24.3 Å². The molecular formula is C8H12N4Ru+2. The Morgan fingerprint density at radius 1 is 0.538 bits per heavy atom. The molecule has 0 heterocycles. The zero-order valence-corrected chi connectivity index (χ0v) is 9.88. The molecule has 70 valence electrons. The number of hydrogen-bond acceptors (Lipinski definition) is 4. The zero-order chi connectivity index (χ0) is 10.8. The molecule has 5 heteroatoms. The van der Waals surface area contributed by atoms with Crippen molar-refractivity contribution in [3.8, 4) is 24.3 Å².